The average molecular weight is 332 g/mol. The number of carbonyl (C=O) groups excluding carboxylic acids is 1. The van der Waals surface area contributed by atoms with E-state index >= 15 is 0 Å². The number of halogens is 1. The van der Waals surface area contributed by atoms with Crippen molar-refractivity contribution in [2.24, 2.45) is 0 Å². The number of anilines is 1. The molecule has 0 saturated heterocycles. The van der Waals surface area contributed by atoms with Crippen LogP contribution in [0.25, 0.3) is 0 Å². The third-order valence-electron chi connectivity index (χ3n) is 3.38. The highest BCUT2D eigenvalue weighted by Gasteiger charge is 2.19. The van der Waals surface area contributed by atoms with Gasteiger partial charge >= 0.3 is 0 Å². The number of hydrogen-bond acceptors (Lipinski definition) is 1. The van der Waals surface area contributed by atoms with Crippen LogP contribution in [0.2, 0.25) is 0 Å². The van der Waals surface area contributed by atoms with Crippen LogP contribution in [-0.4, -0.2) is 5.91 Å². The molecule has 1 unspecified atom stereocenters. The zero-order chi connectivity index (χ0) is 14.5. The molecule has 0 aliphatic carbocycles. The van der Waals surface area contributed by atoms with E-state index in [1.165, 1.54) is 0 Å². The van der Waals surface area contributed by atoms with Gasteiger partial charge in [0.2, 0.25) is 5.91 Å². The molecule has 0 saturated carbocycles. The van der Waals surface area contributed by atoms with Gasteiger partial charge in [0, 0.05) is 4.47 Å². The smallest absolute Gasteiger partial charge is 0.231 e. The van der Waals surface area contributed by atoms with E-state index in [4.69, 9.17) is 0 Å². The van der Waals surface area contributed by atoms with Gasteiger partial charge in [0.25, 0.3) is 0 Å². The minimum absolute atomic E-state index is 0.0324. The number of rotatable bonds is 4. The second kappa shape index (κ2) is 6.71. The van der Waals surface area contributed by atoms with Crippen molar-refractivity contribution in [3.8, 4) is 0 Å². The second-order valence-corrected chi connectivity index (χ2v) is 5.59. The summed E-state index contributed by atoms with van der Waals surface area (Å²) in [5.74, 6) is -0.0892. The monoisotopic (exact) mass is 331 g/mol. The predicted octanol–water partition coefficient (Wildman–Crippen LogP) is 4.89. The number of nitrogens with one attached hydrogen (secondary N) is 1. The fraction of sp³-hybridized carbons (Fsp3) is 0.235. The first-order valence-electron chi connectivity index (χ1n) is 6.74. The molecular formula is C17H18BrNO. The zero-order valence-electron chi connectivity index (χ0n) is 11.7. The summed E-state index contributed by atoms with van der Waals surface area (Å²) >= 11 is 3.52. The molecule has 0 aromatic heterocycles. The topological polar surface area (TPSA) is 29.1 Å². The molecule has 2 aromatic carbocycles. The zero-order valence-corrected chi connectivity index (χ0v) is 13.3. The highest BCUT2D eigenvalue weighted by Crippen LogP contribution is 2.28. The van der Waals surface area contributed by atoms with Gasteiger partial charge in [0.1, 0.15) is 0 Å². The minimum atomic E-state index is -0.122. The molecule has 0 aliphatic rings. The Hall–Kier alpha value is -1.61. The molecule has 0 spiro atoms. The maximum absolute atomic E-state index is 12.5. The van der Waals surface area contributed by atoms with Gasteiger partial charge in [0.05, 0.1) is 11.6 Å². The van der Waals surface area contributed by atoms with Crippen molar-refractivity contribution in [2.75, 3.05) is 5.32 Å². The van der Waals surface area contributed by atoms with Crippen molar-refractivity contribution in [2.45, 2.75) is 26.2 Å². The van der Waals surface area contributed by atoms with Crippen molar-refractivity contribution in [1.82, 2.24) is 0 Å². The van der Waals surface area contributed by atoms with Crippen LogP contribution >= 0.6 is 15.9 Å². The number of aryl methyl sites for hydroxylation is 1. The van der Waals surface area contributed by atoms with Crippen LogP contribution in [0.5, 0.6) is 0 Å². The Morgan fingerprint density at radius 1 is 1.15 bits per heavy atom. The fourth-order valence-electron chi connectivity index (χ4n) is 2.22. The molecule has 104 valence electrons. The first-order valence-corrected chi connectivity index (χ1v) is 7.53. The Labute approximate surface area is 128 Å². The van der Waals surface area contributed by atoms with Gasteiger partial charge in [-0.1, -0.05) is 49.4 Å². The summed E-state index contributed by atoms with van der Waals surface area (Å²) in [5, 5.41) is 3.01. The summed E-state index contributed by atoms with van der Waals surface area (Å²) in [6.45, 7) is 4.04. The molecule has 0 bridgehead atoms. The average Bonchev–Trinajstić information content (AvgIpc) is 2.46. The van der Waals surface area contributed by atoms with Crippen molar-refractivity contribution in [1.29, 1.82) is 0 Å². The van der Waals surface area contributed by atoms with Gasteiger partial charge in [-0.05, 0) is 46.5 Å². The summed E-state index contributed by atoms with van der Waals surface area (Å²) in [4.78, 5) is 12.5. The normalized spacial score (nSPS) is 11.9. The van der Waals surface area contributed by atoms with Gasteiger partial charge in [-0.3, -0.25) is 4.79 Å². The van der Waals surface area contributed by atoms with Gasteiger partial charge in [-0.15, -0.1) is 0 Å². The Balaban J connectivity index is 2.20. The van der Waals surface area contributed by atoms with E-state index in [1.54, 1.807) is 0 Å². The van der Waals surface area contributed by atoms with E-state index in [0.717, 1.165) is 27.7 Å². The summed E-state index contributed by atoms with van der Waals surface area (Å²) in [5.41, 5.74) is 2.98. The van der Waals surface area contributed by atoms with Crippen LogP contribution in [0.1, 0.15) is 30.4 Å². The van der Waals surface area contributed by atoms with Crippen molar-refractivity contribution in [3.05, 3.63) is 64.1 Å². The lowest BCUT2D eigenvalue weighted by atomic mass is 9.95. The highest BCUT2D eigenvalue weighted by molar-refractivity contribution is 9.10. The lowest BCUT2D eigenvalue weighted by Crippen LogP contribution is -2.21. The third kappa shape index (κ3) is 3.28. The van der Waals surface area contributed by atoms with Crippen LogP contribution in [0.4, 0.5) is 5.69 Å². The molecule has 1 atom stereocenters. The van der Waals surface area contributed by atoms with E-state index in [-0.39, 0.29) is 11.8 Å². The first-order chi connectivity index (χ1) is 9.63. The molecule has 2 rings (SSSR count). The third-order valence-corrected chi connectivity index (χ3v) is 4.43. The van der Waals surface area contributed by atoms with Gasteiger partial charge < -0.3 is 5.32 Å². The maximum atomic E-state index is 12.5. The van der Waals surface area contributed by atoms with E-state index in [0.29, 0.717) is 0 Å². The Morgan fingerprint density at radius 2 is 1.85 bits per heavy atom. The van der Waals surface area contributed by atoms with Crippen LogP contribution < -0.4 is 5.32 Å². The van der Waals surface area contributed by atoms with Gasteiger partial charge in [-0.25, -0.2) is 0 Å². The van der Waals surface area contributed by atoms with Gasteiger partial charge in [-0.2, -0.15) is 0 Å². The number of hydrogen-bond donors (Lipinski definition) is 1. The maximum Gasteiger partial charge on any atom is 0.231 e. The molecule has 20 heavy (non-hydrogen) atoms. The first kappa shape index (κ1) is 14.8. The summed E-state index contributed by atoms with van der Waals surface area (Å²) in [7, 11) is 0. The molecule has 0 radical (unpaired) electrons. The molecule has 2 nitrogen and oxygen atoms in total. The minimum Gasteiger partial charge on any atom is -0.325 e. The van der Waals surface area contributed by atoms with Crippen LogP contribution in [0.15, 0.2) is 53.0 Å². The van der Waals surface area contributed by atoms with Crippen molar-refractivity contribution in [3.63, 3.8) is 0 Å². The molecule has 0 heterocycles. The molecule has 0 fully saturated rings. The van der Waals surface area contributed by atoms with Gasteiger partial charge in [0.15, 0.2) is 0 Å². The van der Waals surface area contributed by atoms with E-state index in [9.17, 15) is 4.79 Å². The number of amides is 1. The lowest BCUT2D eigenvalue weighted by molar-refractivity contribution is -0.117. The number of benzene rings is 2. The molecule has 0 aliphatic heterocycles. The van der Waals surface area contributed by atoms with Crippen molar-refractivity contribution < 1.29 is 4.79 Å². The quantitative estimate of drug-likeness (QED) is 0.849. The highest BCUT2D eigenvalue weighted by atomic mass is 79.9. The SMILES string of the molecule is CCC(C(=O)Nc1cccc(C)c1Br)c1ccccc1. The largest absolute Gasteiger partial charge is 0.325 e. The molecule has 3 heteroatoms. The lowest BCUT2D eigenvalue weighted by Gasteiger charge is -2.16. The molecule has 1 N–H and O–H groups in total. The molecular weight excluding hydrogens is 314 g/mol. The van der Waals surface area contributed by atoms with Crippen LogP contribution in [0.3, 0.4) is 0 Å². The van der Waals surface area contributed by atoms with Crippen molar-refractivity contribution >= 4 is 27.5 Å². The van der Waals surface area contributed by atoms with E-state index < -0.39 is 0 Å². The standard InChI is InChI=1S/C17H18BrNO/c1-3-14(13-9-5-4-6-10-13)17(20)19-15-11-7-8-12(2)16(15)18/h4-11,14H,3H2,1-2H3,(H,19,20). The molecule has 2 aromatic rings. The summed E-state index contributed by atoms with van der Waals surface area (Å²) in [6.07, 6.45) is 0.777. The van der Waals surface area contributed by atoms with E-state index in [2.05, 4.69) is 21.2 Å². The van der Waals surface area contributed by atoms with E-state index in [1.807, 2.05) is 62.4 Å². The van der Waals surface area contributed by atoms with Crippen LogP contribution in [0, 0.1) is 6.92 Å². The number of carbonyl (C=O) groups is 1. The summed E-state index contributed by atoms with van der Waals surface area (Å²) < 4.78 is 0.941. The Morgan fingerprint density at radius 3 is 2.50 bits per heavy atom. The predicted molar refractivity (Wildman–Crippen MR) is 87.0 cm³/mol. The van der Waals surface area contributed by atoms with Crippen LogP contribution in [-0.2, 0) is 4.79 Å². The molecule has 1 amide bonds. The fourth-order valence-corrected chi connectivity index (χ4v) is 2.59. The Kier molecular flexibility index (Phi) is 4.96. The second-order valence-electron chi connectivity index (χ2n) is 4.80. The summed E-state index contributed by atoms with van der Waals surface area (Å²) in [6, 6.07) is 15.8. The Bertz CT molecular complexity index is 595.